The third kappa shape index (κ3) is 5.36. The monoisotopic (exact) mass is 410 g/mol. The van der Waals surface area contributed by atoms with Gasteiger partial charge in [0.2, 0.25) is 5.91 Å². The van der Waals surface area contributed by atoms with Gasteiger partial charge < -0.3 is 14.8 Å². The lowest BCUT2D eigenvalue weighted by atomic mass is 10.2. The van der Waals surface area contributed by atoms with Gasteiger partial charge in [0.05, 0.1) is 30.0 Å². The summed E-state index contributed by atoms with van der Waals surface area (Å²) in [6.07, 6.45) is 2.99. The van der Waals surface area contributed by atoms with Crippen molar-refractivity contribution in [3.63, 3.8) is 0 Å². The Balaban J connectivity index is 1.98. The normalized spacial score (nSPS) is 10.5. The van der Waals surface area contributed by atoms with Crippen molar-refractivity contribution in [1.82, 2.24) is 5.32 Å². The minimum absolute atomic E-state index is 0.108. The quantitative estimate of drug-likeness (QED) is 0.559. The van der Waals surface area contributed by atoms with Crippen LogP contribution in [0.25, 0.3) is 6.08 Å². The summed E-state index contributed by atoms with van der Waals surface area (Å²) in [6, 6.07) is 10.4. The van der Waals surface area contributed by atoms with Crippen LogP contribution in [0, 0.1) is 0 Å². The highest BCUT2D eigenvalue weighted by Gasteiger charge is 2.08. The van der Waals surface area contributed by atoms with Crippen molar-refractivity contribution >= 4 is 58.2 Å². The Morgan fingerprint density at radius 1 is 1.12 bits per heavy atom. The average Bonchev–Trinajstić information content (AvgIpc) is 2.63. The molecule has 0 heterocycles. The summed E-state index contributed by atoms with van der Waals surface area (Å²) in [5.41, 5.74) is 1.28. The molecular weight excluding hydrogens is 395 g/mol. The van der Waals surface area contributed by atoms with Gasteiger partial charge >= 0.3 is 0 Å². The molecule has 0 radical (unpaired) electrons. The van der Waals surface area contributed by atoms with Crippen LogP contribution in [0.2, 0.25) is 10.0 Å². The number of methoxy groups -OCH3 is 2. The third-order valence-electron chi connectivity index (χ3n) is 3.27. The molecule has 2 N–H and O–H groups in total. The average molecular weight is 411 g/mol. The van der Waals surface area contributed by atoms with Crippen molar-refractivity contribution in [3.8, 4) is 11.5 Å². The summed E-state index contributed by atoms with van der Waals surface area (Å²) in [5, 5.41) is 6.18. The molecule has 136 valence electrons. The molecular formula is C18H16Cl2N2O3S. The standard InChI is InChI=1S/C18H16Cl2N2O3S/c1-24-14-8-6-11(10-15(14)25-2)7-9-16(23)22-18(26)21-13-5-3-4-12(19)17(13)20/h3-10H,1-2H3,(H2,21,22,23,26)/b9-7-. The van der Waals surface area contributed by atoms with Gasteiger partial charge in [-0.15, -0.1) is 0 Å². The van der Waals surface area contributed by atoms with E-state index in [4.69, 9.17) is 44.9 Å². The molecule has 0 spiro atoms. The Kier molecular flexibility index (Phi) is 7.26. The maximum Gasteiger partial charge on any atom is 0.250 e. The van der Waals surface area contributed by atoms with E-state index in [0.29, 0.717) is 27.2 Å². The van der Waals surface area contributed by atoms with E-state index >= 15 is 0 Å². The van der Waals surface area contributed by atoms with Gasteiger partial charge in [0.25, 0.3) is 0 Å². The van der Waals surface area contributed by atoms with Crippen molar-refractivity contribution in [2.75, 3.05) is 19.5 Å². The number of halogens is 2. The maximum absolute atomic E-state index is 12.0. The summed E-state index contributed by atoms with van der Waals surface area (Å²) in [6.45, 7) is 0. The van der Waals surface area contributed by atoms with Crippen LogP contribution in [0.4, 0.5) is 5.69 Å². The van der Waals surface area contributed by atoms with Crippen LogP contribution in [0.5, 0.6) is 11.5 Å². The fourth-order valence-electron chi connectivity index (χ4n) is 2.04. The molecule has 0 saturated heterocycles. The fourth-order valence-corrected chi connectivity index (χ4v) is 2.59. The Labute approximate surface area is 166 Å². The number of carbonyl (C=O) groups is 1. The highest BCUT2D eigenvalue weighted by Crippen LogP contribution is 2.29. The van der Waals surface area contributed by atoms with Gasteiger partial charge in [-0.05, 0) is 48.1 Å². The van der Waals surface area contributed by atoms with Crippen LogP contribution in [0.3, 0.4) is 0 Å². The zero-order valence-electron chi connectivity index (χ0n) is 14.0. The van der Waals surface area contributed by atoms with E-state index in [0.717, 1.165) is 5.56 Å². The molecule has 0 aliphatic carbocycles. The van der Waals surface area contributed by atoms with Gasteiger partial charge in [0.15, 0.2) is 16.6 Å². The zero-order chi connectivity index (χ0) is 19.1. The first kappa shape index (κ1) is 20.0. The number of thiocarbonyl (C=S) groups is 1. The van der Waals surface area contributed by atoms with E-state index in [1.165, 1.54) is 6.08 Å². The van der Waals surface area contributed by atoms with Crippen LogP contribution in [-0.4, -0.2) is 25.2 Å². The second-order valence-electron chi connectivity index (χ2n) is 4.99. The van der Waals surface area contributed by atoms with Crippen molar-refractivity contribution in [3.05, 3.63) is 58.1 Å². The molecule has 0 bridgehead atoms. The maximum atomic E-state index is 12.0. The SMILES string of the molecule is COc1ccc(/C=C\C(=O)NC(=S)Nc2cccc(Cl)c2Cl)cc1OC. The number of amides is 1. The summed E-state index contributed by atoms with van der Waals surface area (Å²) < 4.78 is 10.4. The predicted octanol–water partition coefficient (Wildman–Crippen LogP) is 4.54. The van der Waals surface area contributed by atoms with Gasteiger partial charge in [0.1, 0.15) is 0 Å². The number of rotatable bonds is 5. The lowest BCUT2D eigenvalue weighted by Gasteiger charge is -2.10. The van der Waals surface area contributed by atoms with Gasteiger partial charge in [0, 0.05) is 6.08 Å². The molecule has 0 aliphatic heterocycles. The second kappa shape index (κ2) is 9.43. The van der Waals surface area contributed by atoms with Crippen LogP contribution >= 0.6 is 35.4 Å². The molecule has 2 aromatic carbocycles. The zero-order valence-corrected chi connectivity index (χ0v) is 16.3. The lowest BCUT2D eigenvalue weighted by molar-refractivity contribution is -0.115. The smallest absolute Gasteiger partial charge is 0.250 e. The Hall–Kier alpha value is -2.28. The Morgan fingerprint density at radius 2 is 1.85 bits per heavy atom. The van der Waals surface area contributed by atoms with Crippen LogP contribution in [0.1, 0.15) is 5.56 Å². The van der Waals surface area contributed by atoms with Crippen molar-refractivity contribution < 1.29 is 14.3 Å². The molecule has 8 heteroatoms. The molecule has 2 rings (SSSR count). The molecule has 0 unspecified atom stereocenters. The van der Waals surface area contributed by atoms with E-state index in [1.54, 1.807) is 56.7 Å². The minimum atomic E-state index is -0.393. The number of benzene rings is 2. The number of hydrogen-bond acceptors (Lipinski definition) is 4. The van der Waals surface area contributed by atoms with E-state index in [1.807, 2.05) is 0 Å². The molecule has 0 fully saturated rings. The molecule has 0 saturated carbocycles. The van der Waals surface area contributed by atoms with Crippen LogP contribution in [0.15, 0.2) is 42.5 Å². The molecule has 0 aromatic heterocycles. The number of carbonyl (C=O) groups excluding carboxylic acids is 1. The van der Waals surface area contributed by atoms with Crippen LogP contribution < -0.4 is 20.1 Å². The van der Waals surface area contributed by atoms with E-state index in [-0.39, 0.29) is 5.11 Å². The number of hydrogen-bond donors (Lipinski definition) is 2. The summed E-state index contributed by atoms with van der Waals surface area (Å²) in [5.74, 6) is 0.788. The van der Waals surface area contributed by atoms with Gasteiger partial charge in [-0.25, -0.2) is 0 Å². The predicted molar refractivity (Wildman–Crippen MR) is 109 cm³/mol. The minimum Gasteiger partial charge on any atom is -0.493 e. The first-order valence-electron chi connectivity index (χ1n) is 7.40. The van der Waals surface area contributed by atoms with Gasteiger partial charge in [-0.1, -0.05) is 35.3 Å². The van der Waals surface area contributed by atoms with E-state index in [2.05, 4.69) is 10.6 Å². The van der Waals surface area contributed by atoms with Gasteiger partial charge in [-0.3, -0.25) is 10.1 Å². The summed E-state index contributed by atoms with van der Waals surface area (Å²) in [4.78, 5) is 12.0. The van der Waals surface area contributed by atoms with E-state index < -0.39 is 5.91 Å². The number of anilines is 1. The molecule has 1 amide bonds. The van der Waals surface area contributed by atoms with Crippen molar-refractivity contribution in [1.29, 1.82) is 0 Å². The number of ether oxygens (including phenoxy) is 2. The second-order valence-corrected chi connectivity index (χ2v) is 6.19. The first-order chi connectivity index (χ1) is 12.4. The third-order valence-corrected chi connectivity index (χ3v) is 4.29. The summed E-state index contributed by atoms with van der Waals surface area (Å²) in [7, 11) is 3.10. The molecule has 5 nitrogen and oxygen atoms in total. The Bertz CT molecular complexity index is 856. The van der Waals surface area contributed by atoms with E-state index in [9.17, 15) is 4.79 Å². The summed E-state index contributed by atoms with van der Waals surface area (Å²) >= 11 is 17.1. The first-order valence-corrected chi connectivity index (χ1v) is 8.57. The van der Waals surface area contributed by atoms with Crippen LogP contribution in [-0.2, 0) is 4.79 Å². The molecule has 0 aliphatic rings. The highest BCUT2D eigenvalue weighted by atomic mass is 35.5. The largest absolute Gasteiger partial charge is 0.493 e. The van der Waals surface area contributed by atoms with Crippen molar-refractivity contribution in [2.45, 2.75) is 0 Å². The lowest BCUT2D eigenvalue weighted by Crippen LogP contribution is -2.32. The number of nitrogens with one attached hydrogen (secondary N) is 2. The Morgan fingerprint density at radius 3 is 2.54 bits per heavy atom. The fraction of sp³-hybridized carbons (Fsp3) is 0.111. The molecule has 0 atom stereocenters. The van der Waals surface area contributed by atoms with Gasteiger partial charge in [-0.2, -0.15) is 0 Å². The van der Waals surface area contributed by atoms with Crippen molar-refractivity contribution in [2.24, 2.45) is 0 Å². The topological polar surface area (TPSA) is 59.6 Å². The molecule has 26 heavy (non-hydrogen) atoms. The highest BCUT2D eigenvalue weighted by molar-refractivity contribution is 7.80. The molecule has 2 aromatic rings.